The summed E-state index contributed by atoms with van der Waals surface area (Å²) in [5.41, 5.74) is 3.39. The van der Waals surface area contributed by atoms with Crippen LogP contribution in [0.4, 0.5) is 4.79 Å². The Bertz CT molecular complexity index is 1050. The van der Waals surface area contributed by atoms with Crippen molar-refractivity contribution in [2.75, 3.05) is 13.2 Å². The molecule has 0 radical (unpaired) electrons. The molecule has 2 N–H and O–H groups in total. The predicted octanol–water partition coefficient (Wildman–Crippen LogP) is 4.41. The summed E-state index contributed by atoms with van der Waals surface area (Å²) in [6, 6.07) is 15.8. The Kier molecular flexibility index (Phi) is 6.64. The van der Waals surface area contributed by atoms with Crippen LogP contribution in [0.5, 0.6) is 0 Å². The highest BCUT2D eigenvalue weighted by Gasteiger charge is 2.46. The summed E-state index contributed by atoms with van der Waals surface area (Å²) in [6.07, 6.45) is 0.543. The molecule has 4 rings (SSSR count). The average Bonchev–Trinajstić information content (AvgIpc) is 3.36. The third kappa shape index (κ3) is 4.39. The molecule has 1 fully saturated rings. The van der Waals surface area contributed by atoms with Crippen LogP contribution in [0.3, 0.4) is 0 Å². The van der Waals surface area contributed by atoms with E-state index in [2.05, 4.69) is 29.6 Å². The van der Waals surface area contributed by atoms with Gasteiger partial charge in [-0.2, -0.15) is 0 Å². The second kappa shape index (κ2) is 9.49. The third-order valence-corrected chi connectivity index (χ3v) is 7.25. The molecule has 0 spiro atoms. The van der Waals surface area contributed by atoms with E-state index < -0.39 is 23.6 Å². The van der Waals surface area contributed by atoms with Crippen molar-refractivity contribution in [1.82, 2.24) is 10.2 Å². The van der Waals surface area contributed by atoms with Crippen molar-refractivity contribution < 1.29 is 24.2 Å². The highest BCUT2D eigenvalue weighted by atomic mass is 16.5. The van der Waals surface area contributed by atoms with E-state index in [0.717, 1.165) is 22.3 Å². The molecule has 7 heteroatoms. The fourth-order valence-corrected chi connectivity index (χ4v) is 5.13. The van der Waals surface area contributed by atoms with E-state index in [9.17, 15) is 19.5 Å². The normalized spacial score (nSPS) is 20.1. The van der Waals surface area contributed by atoms with E-state index >= 15 is 0 Å². The number of amides is 2. The molecule has 2 aliphatic rings. The van der Waals surface area contributed by atoms with Crippen LogP contribution in [0.2, 0.25) is 0 Å². The fourth-order valence-electron chi connectivity index (χ4n) is 5.13. The number of nitrogens with zero attached hydrogens (tertiary/aromatic N) is 1. The number of likely N-dealkylation sites (tertiary alicyclic amines) is 1. The Morgan fingerprint density at radius 2 is 1.68 bits per heavy atom. The zero-order chi connectivity index (χ0) is 24.5. The molecule has 7 nitrogen and oxygen atoms in total. The zero-order valence-corrected chi connectivity index (χ0v) is 19.9. The van der Waals surface area contributed by atoms with Crippen molar-refractivity contribution in [3.05, 3.63) is 59.7 Å². The Morgan fingerprint density at radius 1 is 1.09 bits per heavy atom. The van der Waals surface area contributed by atoms with Gasteiger partial charge in [0.1, 0.15) is 12.1 Å². The summed E-state index contributed by atoms with van der Waals surface area (Å²) in [4.78, 5) is 38.9. The van der Waals surface area contributed by atoms with Crippen molar-refractivity contribution in [3.8, 4) is 11.1 Å². The van der Waals surface area contributed by atoms with Crippen molar-refractivity contribution in [2.45, 2.75) is 57.5 Å². The fraction of sp³-hybridized carbons (Fsp3) is 0.444. The molecule has 2 atom stereocenters. The quantitative estimate of drug-likeness (QED) is 0.633. The predicted molar refractivity (Wildman–Crippen MR) is 128 cm³/mol. The van der Waals surface area contributed by atoms with Gasteiger partial charge in [0.2, 0.25) is 5.91 Å². The Hall–Kier alpha value is -3.35. The highest BCUT2D eigenvalue weighted by Crippen LogP contribution is 2.44. The van der Waals surface area contributed by atoms with Gasteiger partial charge in [-0.15, -0.1) is 0 Å². The molecule has 0 aromatic heterocycles. The number of benzene rings is 2. The molecule has 2 aromatic rings. The van der Waals surface area contributed by atoms with Crippen LogP contribution in [0.25, 0.3) is 11.1 Å². The molecular formula is C27H32N2O5. The molecule has 1 saturated heterocycles. The van der Waals surface area contributed by atoms with Crippen molar-refractivity contribution in [3.63, 3.8) is 0 Å². The van der Waals surface area contributed by atoms with Crippen LogP contribution in [-0.4, -0.2) is 52.7 Å². The summed E-state index contributed by atoms with van der Waals surface area (Å²) >= 11 is 0. The largest absolute Gasteiger partial charge is 0.480 e. The van der Waals surface area contributed by atoms with Gasteiger partial charge in [-0.05, 0) is 47.9 Å². The maximum absolute atomic E-state index is 13.0. The Labute approximate surface area is 200 Å². The first-order chi connectivity index (χ1) is 16.2. The molecule has 0 bridgehead atoms. The van der Waals surface area contributed by atoms with E-state index in [4.69, 9.17) is 4.74 Å². The monoisotopic (exact) mass is 464 g/mol. The van der Waals surface area contributed by atoms with Gasteiger partial charge in [-0.1, -0.05) is 62.4 Å². The lowest BCUT2D eigenvalue weighted by atomic mass is 9.96. The number of hydrogen-bond donors (Lipinski definition) is 2. The summed E-state index contributed by atoms with van der Waals surface area (Å²) < 4.78 is 5.64. The van der Waals surface area contributed by atoms with Gasteiger partial charge >= 0.3 is 12.1 Å². The minimum absolute atomic E-state index is 0.0249. The third-order valence-electron chi connectivity index (χ3n) is 7.25. The number of aliphatic carboxylic acids is 1. The SMILES string of the molecule is CC(C)[C@H](CC(=O)N1CCC[C@]1(C)C(=O)O)NC(=O)OCC1c2ccccc2-c2ccccc21. The molecule has 34 heavy (non-hydrogen) atoms. The highest BCUT2D eigenvalue weighted by molar-refractivity contribution is 5.88. The number of rotatable bonds is 7. The van der Waals surface area contributed by atoms with Crippen LogP contribution in [-0.2, 0) is 14.3 Å². The van der Waals surface area contributed by atoms with Gasteiger partial charge in [0.15, 0.2) is 0 Å². The molecule has 2 amide bonds. The van der Waals surface area contributed by atoms with E-state index in [-0.39, 0.29) is 30.8 Å². The first-order valence-electron chi connectivity index (χ1n) is 11.9. The lowest BCUT2D eigenvalue weighted by Gasteiger charge is -2.33. The molecule has 1 aliphatic carbocycles. The van der Waals surface area contributed by atoms with Crippen molar-refractivity contribution in [1.29, 1.82) is 0 Å². The molecule has 1 heterocycles. The number of nitrogens with one attached hydrogen (secondary N) is 1. The summed E-state index contributed by atoms with van der Waals surface area (Å²) in [5, 5.41) is 12.5. The van der Waals surface area contributed by atoms with E-state index in [1.54, 1.807) is 6.92 Å². The number of alkyl carbamates (subject to hydrolysis) is 1. The Morgan fingerprint density at radius 3 is 2.24 bits per heavy atom. The van der Waals surface area contributed by atoms with Gasteiger partial charge in [-0.25, -0.2) is 9.59 Å². The summed E-state index contributed by atoms with van der Waals surface area (Å²) in [6.45, 7) is 6.03. The van der Waals surface area contributed by atoms with Crippen LogP contribution in [0, 0.1) is 5.92 Å². The Balaban J connectivity index is 1.40. The van der Waals surface area contributed by atoms with E-state index in [1.165, 1.54) is 4.90 Å². The standard InChI is InChI=1S/C27H32N2O5/c1-17(2)23(15-24(30)29-14-8-13-27(29,3)25(31)32)28-26(33)34-16-22-20-11-6-4-9-18(20)19-10-5-7-12-21(19)22/h4-7,9-12,17,22-23H,8,13-16H2,1-3H3,(H,28,33)(H,31,32)/t23-,27+/m0/s1. The van der Waals surface area contributed by atoms with Crippen molar-refractivity contribution >= 4 is 18.0 Å². The molecule has 1 aliphatic heterocycles. The molecular weight excluding hydrogens is 432 g/mol. The number of hydrogen-bond acceptors (Lipinski definition) is 4. The van der Waals surface area contributed by atoms with E-state index in [0.29, 0.717) is 19.4 Å². The second-order valence-electron chi connectivity index (χ2n) is 9.75. The average molecular weight is 465 g/mol. The first kappa shape index (κ1) is 23.8. The molecule has 180 valence electrons. The second-order valence-corrected chi connectivity index (χ2v) is 9.75. The summed E-state index contributed by atoms with van der Waals surface area (Å²) in [5.74, 6) is -1.33. The van der Waals surface area contributed by atoms with Gasteiger partial charge in [0.25, 0.3) is 0 Å². The first-order valence-corrected chi connectivity index (χ1v) is 11.9. The topological polar surface area (TPSA) is 95.9 Å². The number of carbonyl (C=O) groups is 3. The number of carboxylic acid groups (broad SMARTS) is 1. The van der Waals surface area contributed by atoms with Crippen LogP contribution >= 0.6 is 0 Å². The van der Waals surface area contributed by atoms with Crippen LogP contribution < -0.4 is 5.32 Å². The van der Waals surface area contributed by atoms with Crippen LogP contribution in [0.1, 0.15) is 57.1 Å². The lowest BCUT2D eigenvalue weighted by molar-refractivity contribution is -0.155. The van der Waals surface area contributed by atoms with Crippen LogP contribution in [0.15, 0.2) is 48.5 Å². The lowest BCUT2D eigenvalue weighted by Crippen LogP contribution is -2.52. The minimum atomic E-state index is -1.19. The maximum atomic E-state index is 13.0. The van der Waals surface area contributed by atoms with E-state index in [1.807, 2.05) is 38.1 Å². The molecule has 0 saturated carbocycles. The van der Waals surface area contributed by atoms with Crippen molar-refractivity contribution in [2.24, 2.45) is 5.92 Å². The van der Waals surface area contributed by atoms with Gasteiger partial charge in [-0.3, -0.25) is 4.79 Å². The van der Waals surface area contributed by atoms with Gasteiger partial charge in [0, 0.05) is 24.9 Å². The number of fused-ring (bicyclic) bond motifs is 3. The maximum Gasteiger partial charge on any atom is 0.407 e. The van der Waals surface area contributed by atoms with Gasteiger partial charge in [0.05, 0.1) is 0 Å². The smallest absolute Gasteiger partial charge is 0.407 e. The zero-order valence-electron chi connectivity index (χ0n) is 19.9. The number of carboxylic acids is 1. The molecule has 0 unspecified atom stereocenters. The number of ether oxygens (including phenoxy) is 1. The molecule has 2 aromatic carbocycles. The van der Waals surface area contributed by atoms with Gasteiger partial charge < -0.3 is 20.1 Å². The number of carbonyl (C=O) groups excluding carboxylic acids is 2. The minimum Gasteiger partial charge on any atom is -0.480 e. The summed E-state index contributed by atoms with van der Waals surface area (Å²) in [7, 11) is 0.